The lowest BCUT2D eigenvalue weighted by molar-refractivity contribution is -0.0971. The molecule has 0 amide bonds. The maximum Gasteiger partial charge on any atom is 0.0757 e. The summed E-state index contributed by atoms with van der Waals surface area (Å²) in [5.41, 5.74) is 1.90. The first-order valence-corrected chi connectivity index (χ1v) is 12.9. The van der Waals surface area contributed by atoms with Crippen molar-refractivity contribution < 1.29 is 15.3 Å². The van der Waals surface area contributed by atoms with Crippen LogP contribution in [0.3, 0.4) is 0 Å². The van der Waals surface area contributed by atoms with E-state index in [1.54, 1.807) is 0 Å². The van der Waals surface area contributed by atoms with Crippen molar-refractivity contribution in [2.24, 2.45) is 46.3 Å². The summed E-state index contributed by atoms with van der Waals surface area (Å²) in [6, 6.07) is 0. The number of fused-ring (bicyclic) bond motifs is 5. The quantitative estimate of drug-likeness (QED) is 0.511. The van der Waals surface area contributed by atoms with E-state index in [4.69, 9.17) is 0 Å². The molecule has 0 aromatic heterocycles. The van der Waals surface area contributed by atoms with Crippen LogP contribution in [0.15, 0.2) is 11.6 Å². The second kappa shape index (κ2) is 8.52. The molecule has 0 aromatic carbocycles. The van der Waals surface area contributed by atoms with Gasteiger partial charge < -0.3 is 15.3 Å². The molecule has 10 atom stereocenters. The van der Waals surface area contributed by atoms with E-state index in [0.29, 0.717) is 35.7 Å². The Labute approximate surface area is 184 Å². The summed E-state index contributed by atoms with van der Waals surface area (Å²) >= 11 is 0. The normalized spacial score (nSPS) is 47.6. The van der Waals surface area contributed by atoms with E-state index in [1.165, 1.54) is 44.1 Å². The lowest BCUT2D eigenvalue weighted by atomic mass is 9.46. The molecule has 4 rings (SSSR count). The minimum absolute atomic E-state index is 0.189. The SMILES string of the molecule is C[C@@H](CO)CCC[C@@H](C)[C@H]1CC[C@H]2[C@@H]3[C@H](O)C=C4C[C@@H](O)CC[C@]4(C)[C@H]3CC[C@]12C. The van der Waals surface area contributed by atoms with Crippen LogP contribution in [0.5, 0.6) is 0 Å². The van der Waals surface area contributed by atoms with Gasteiger partial charge in [0.2, 0.25) is 0 Å². The van der Waals surface area contributed by atoms with Crippen LogP contribution in [0.25, 0.3) is 0 Å². The molecule has 0 saturated heterocycles. The number of rotatable bonds is 6. The summed E-state index contributed by atoms with van der Waals surface area (Å²) in [5, 5.41) is 30.8. The molecule has 0 aliphatic heterocycles. The van der Waals surface area contributed by atoms with Crippen LogP contribution in [0.4, 0.5) is 0 Å². The number of hydrogen-bond acceptors (Lipinski definition) is 3. The fourth-order valence-electron chi connectivity index (χ4n) is 8.69. The average molecular weight is 419 g/mol. The summed E-state index contributed by atoms with van der Waals surface area (Å²) in [6.07, 6.45) is 13.2. The molecule has 0 aromatic rings. The Morgan fingerprint density at radius 2 is 1.77 bits per heavy atom. The van der Waals surface area contributed by atoms with Gasteiger partial charge in [0, 0.05) is 6.61 Å². The summed E-state index contributed by atoms with van der Waals surface area (Å²) in [7, 11) is 0. The Morgan fingerprint density at radius 1 is 1.00 bits per heavy atom. The van der Waals surface area contributed by atoms with E-state index in [9.17, 15) is 15.3 Å². The first-order chi connectivity index (χ1) is 14.2. The van der Waals surface area contributed by atoms with Crippen molar-refractivity contribution >= 4 is 0 Å². The van der Waals surface area contributed by atoms with Crippen LogP contribution in [0.2, 0.25) is 0 Å². The summed E-state index contributed by atoms with van der Waals surface area (Å²) < 4.78 is 0. The predicted octanol–water partition coefficient (Wildman–Crippen LogP) is 5.33. The van der Waals surface area contributed by atoms with Crippen molar-refractivity contribution in [2.75, 3.05) is 6.61 Å². The van der Waals surface area contributed by atoms with E-state index < -0.39 is 0 Å². The lowest BCUT2D eigenvalue weighted by Crippen LogP contribution is -2.54. The zero-order chi connectivity index (χ0) is 21.7. The zero-order valence-electron chi connectivity index (χ0n) is 19.8. The van der Waals surface area contributed by atoms with Crippen molar-refractivity contribution in [3.63, 3.8) is 0 Å². The molecule has 3 saturated carbocycles. The molecule has 3 N–H and O–H groups in total. The monoisotopic (exact) mass is 418 g/mol. The van der Waals surface area contributed by atoms with Gasteiger partial charge in [0.25, 0.3) is 0 Å². The standard InChI is InChI=1S/C27H46O3/c1-17(16-28)6-5-7-18(2)21-8-9-22-25-23(11-13-27(21,22)4)26(3)12-10-20(29)14-19(26)15-24(25)30/h15,17-18,20-25,28-30H,5-14,16H2,1-4H3/t17-,18-,20+,21-,22+,23+,24-,25+,26+,27-/m1/s1. The first kappa shape index (κ1) is 22.8. The molecule has 3 fully saturated rings. The van der Waals surface area contributed by atoms with Gasteiger partial charge in [-0.05, 0) is 97.7 Å². The molecular formula is C27H46O3. The molecule has 0 unspecified atom stereocenters. The second-order valence-electron chi connectivity index (χ2n) is 12.2. The maximum atomic E-state index is 11.3. The minimum atomic E-state index is -0.326. The van der Waals surface area contributed by atoms with E-state index in [-0.39, 0.29) is 17.6 Å². The van der Waals surface area contributed by atoms with E-state index in [1.807, 2.05) is 0 Å². The molecule has 0 spiro atoms. The zero-order valence-corrected chi connectivity index (χ0v) is 19.8. The van der Waals surface area contributed by atoms with Crippen molar-refractivity contribution in [1.29, 1.82) is 0 Å². The second-order valence-corrected chi connectivity index (χ2v) is 12.2. The molecule has 30 heavy (non-hydrogen) atoms. The fourth-order valence-corrected chi connectivity index (χ4v) is 8.69. The molecular weight excluding hydrogens is 372 g/mol. The molecule has 0 bridgehead atoms. The Morgan fingerprint density at radius 3 is 2.50 bits per heavy atom. The van der Waals surface area contributed by atoms with Crippen LogP contribution in [0.1, 0.15) is 91.9 Å². The summed E-state index contributed by atoms with van der Waals surface area (Å²) in [5.74, 6) is 3.54. The molecule has 3 heteroatoms. The molecule has 4 aliphatic rings. The van der Waals surface area contributed by atoms with Gasteiger partial charge in [-0.2, -0.15) is 0 Å². The number of aliphatic hydroxyl groups is 3. The van der Waals surface area contributed by atoms with E-state index in [2.05, 4.69) is 33.8 Å². The van der Waals surface area contributed by atoms with Crippen LogP contribution >= 0.6 is 0 Å². The van der Waals surface area contributed by atoms with Crippen molar-refractivity contribution in [1.82, 2.24) is 0 Å². The third-order valence-electron chi connectivity index (χ3n) is 10.5. The highest BCUT2D eigenvalue weighted by atomic mass is 16.3. The molecule has 0 heterocycles. The van der Waals surface area contributed by atoms with Gasteiger partial charge in [-0.3, -0.25) is 0 Å². The Hall–Kier alpha value is -0.380. The van der Waals surface area contributed by atoms with Crippen molar-refractivity contribution in [3.05, 3.63) is 11.6 Å². The summed E-state index contributed by atoms with van der Waals surface area (Å²) in [4.78, 5) is 0. The number of aliphatic hydroxyl groups excluding tert-OH is 3. The highest BCUT2D eigenvalue weighted by Gasteiger charge is 2.61. The highest BCUT2D eigenvalue weighted by Crippen LogP contribution is 2.67. The van der Waals surface area contributed by atoms with Crippen LogP contribution in [-0.2, 0) is 0 Å². The largest absolute Gasteiger partial charge is 0.396 e. The molecule has 3 nitrogen and oxygen atoms in total. The van der Waals surface area contributed by atoms with Crippen molar-refractivity contribution in [3.8, 4) is 0 Å². The Kier molecular flexibility index (Phi) is 6.48. The van der Waals surface area contributed by atoms with Crippen LogP contribution in [0, 0.1) is 46.3 Å². The van der Waals surface area contributed by atoms with Gasteiger partial charge in [-0.1, -0.05) is 52.2 Å². The molecule has 0 radical (unpaired) electrons. The van der Waals surface area contributed by atoms with Gasteiger partial charge in [0.15, 0.2) is 0 Å². The van der Waals surface area contributed by atoms with E-state index in [0.717, 1.165) is 37.5 Å². The molecule has 172 valence electrons. The Balaban J connectivity index is 1.50. The van der Waals surface area contributed by atoms with Gasteiger partial charge >= 0.3 is 0 Å². The number of hydrogen-bond donors (Lipinski definition) is 3. The Bertz CT molecular complexity index is 644. The third kappa shape index (κ3) is 3.71. The fraction of sp³-hybridized carbons (Fsp3) is 0.926. The van der Waals surface area contributed by atoms with Gasteiger partial charge in [-0.15, -0.1) is 0 Å². The van der Waals surface area contributed by atoms with Crippen LogP contribution in [-0.4, -0.2) is 34.1 Å². The van der Waals surface area contributed by atoms with Gasteiger partial charge in [-0.25, -0.2) is 0 Å². The third-order valence-corrected chi connectivity index (χ3v) is 10.5. The van der Waals surface area contributed by atoms with Gasteiger partial charge in [0.1, 0.15) is 0 Å². The maximum absolute atomic E-state index is 11.3. The summed E-state index contributed by atoms with van der Waals surface area (Å²) in [6.45, 7) is 9.92. The minimum Gasteiger partial charge on any atom is -0.396 e. The first-order valence-electron chi connectivity index (χ1n) is 12.9. The van der Waals surface area contributed by atoms with E-state index >= 15 is 0 Å². The smallest absolute Gasteiger partial charge is 0.0757 e. The lowest BCUT2D eigenvalue weighted by Gasteiger charge is -2.59. The highest BCUT2D eigenvalue weighted by molar-refractivity contribution is 5.27. The topological polar surface area (TPSA) is 60.7 Å². The molecule has 4 aliphatic carbocycles. The van der Waals surface area contributed by atoms with Crippen molar-refractivity contribution in [2.45, 2.75) is 104 Å². The van der Waals surface area contributed by atoms with Gasteiger partial charge in [0.05, 0.1) is 12.2 Å². The average Bonchev–Trinajstić information content (AvgIpc) is 3.06. The predicted molar refractivity (Wildman–Crippen MR) is 122 cm³/mol. The van der Waals surface area contributed by atoms with Crippen LogP contribution < -0.4 is 0 Å².